The maximum absolute atomic E-state index is 3.56. The monoisotopic (exact) mass is 257 g/mol. The fourth-order valence-corrected chi connectivity index (χ4v) is 3.89. The molecule has 0 heterocycles. The summed E-state index contributed by atoms with van der Waals surface area (Å²) in [6, 6.07) is 5.61. The third kappa shape index (κ3) is 2.58. The summed E-state index contributed by atoms with van der Waals surface area (Å²) in [7, 11) is 2.12. The van der Waals surface area contributed by atoms with Crippen LogP contribution >= 0.6 is 0 Å². The van der Waals surface area contributed by atoms with Gasteiger partial charge < -0.3 is 5.32 Å². The first-order valence-corrected chi connectivity index (χ1v) is 7.91. The smallest absolute Gasteiger partial charge is 0.0325 e. The SMILES string of the molecule is CNC1CC(C)(C)CCc2cc3c(cc21)CCCC3. The summed E-state index contributed by atoms with van der Waals surface area (Å²) in [5, 5.41) is 3.56. The van der Waals surface area contributed by atoms with Crippen LogP contribution in [0.5, 0.6) is 0 Å². The van der Waals surface area contributed by atoms with Gasteiger partial charge in [-0.3, -0.25) is 0 Å². The number of rotatable bonds is 1. The van der Waals surface area contributed by atoms with Gasteiger partial charge in [0, 0.05) is 6.04 Å². The van der Waals surface area contributed by atoms with Gasteiger partial charge in [0.2, 0.25) is 0 Å². The normalized spacial score (nSPS) is 25.3. The fraction of sp³-hybridized carbons (Fsp3) is 0.667. The summed E-state index contributed by atoms with van der Waals surface area (Å²) in [6.45, 7) is 4.84. The van der Waals surface area contributed by atoms with Crippen molar-refractivity contribution in [1.29, 1.82) is 0 Å². The molecule has 0 amide bonds. The van der Waals surface area contributed by atoms with Crippen molar-refractivity contribution in [1.82, 2.24) is 5.32 Å². The van der Waals surface area contributed by atoms with Crippen molar-refractivity contribution in [3.8, 4) is 0 Å². The Labute approximate surface area is 117 Å². The lowest BCUT2D eigenvalue weighted by Gasteiger charge is -2.27. The standard InChI is InChI=1S/C18H27N/c1-18(2)9-8-15-10-13-6-4-5-7-14(13)11-16(15)17(12-18)19-3/h10-11,17,19H,4-9,12H2,1-3H3. The lowest BCUT2D eigenvalue weighted by molar-refractivity contribution is 0.279. The Hall–Kier alpha value is -0.820. The van der Waals surface area contributed by atoms with Gasteiger partial charge in [-0.2, -0.15) is 0 Å². The van der Waals surface area contributed by atoms with Crippen LogP contribution in [0.25, 0.3) is 0 Å². The van der Waals surface area contributed by atoms with Gasteiger partial charge in [0.05, 0.1) is 0 Å². The summed E-state index contributed by atoms with van der Waals surface area (Å²) in [6.07, 6.45) is 9.19. The molecule has 1 N–H and O–H groups in total. The lowest BCUT2D eigenvalue weighted by Crippen LogP contribution is -2.23. The lowest BCUT2D eigenvalue weighted by atomic mass is 9.82. The van der Waals surface area contributed by atoms with Crippen LogP contribution in [0.2, 0.25) is 0 Å². The molecule has 0 fully saturated rings. The van der Waals surface area contributed by atoms with E-state index in [0.29, 0.717) is 11.5 Å². The van der Waals surface area contributed by atoms with Crippen LogP contribution in [0.1, 0.15) is 67.8 Å². The van der Waals surface area contributed by atoms with Crippen molar-refractivity contribution in [3.05, 3.63) is 34.4 Å². The van der Waals surface area contributed by atoms with Gasteiger partial charge in [0.1, 0.15) is 0 Å². The average molecular weight is 257 g/mol. The first-order chi connectivity index (χ1) is 9.09. The van der Waals surface area contributed by atoms with E-state index >= 15 is 0 Å². The van der Waals surface area contributed by atoms with Crippen molar-refractivity contribution in [2.24, 2.45) is 5.41 Å². The zero-order valence-corrected chi connectivity index (χ0v) is 12.7. The molecular weight excluding hydrogens is 230 g/mol. The maximum atomic E-state index is 3.56. The zero-order chi connectivity index (χ0) is 13.5. The number of fused-ring (bicyclic) bond motifs is 2. The molecule has 1 nitrogen and oxygen atoms in total. The molecule has 0 saturated carbocycles. The van der Waals surface area contributed by atoms with Crippen LogP contribution in [0.15, 0.2) is 12.1 Å². The van der Waals surface area contributed by atoms with Gasteiger partial charge in [-0.1, -0.05) is 26.0 Å². The van der Waals surface area contributed by atoms with Crippen LogP contribution < -0.4 is 5.32 Å². The Bertz CT molecular complexity index is 473. The largest absolute Gasteiger partial charge is 0.313 e. The molecule has 19 heavy (non-hydrogen) atoms. The minimum absolute atomic E-state index is 0.452. The summed E-state index contributed by atoms with van der Waals surface area (Å²) in [5.41, 5.74) is 6.93. The maximum Gasteiger partial charge on any atom is 0.0325 e. The molecule has 2 aliphatic rings. The Kier molecular flexibility index (Phi) is 3.42. The zero-order valence-electron chi connectivity index (χ0n) is 12.7. The van der Waals surface area contributed by atoms with Crippen molar-refractivity contribution in [2.75, 3.05) is 7.05 Å². The molecule has 2 aliphatic carbocycles. The molecule has 0 saturated heterocycles. The molecule has 1 atom stereocenters. The molecule has 1 unspecified atom stereocenters. The molecule has 0 radical (unpaired) electrons. The molecule has 1 aromatic carbocycles. The van der Waals surface area contributed by atoms with Crippen LogP contribution in [-0.2, 0) is 19.3 Å². The van der Waals surface area contributed by atoms with Crippen LogP contribution in [0.4, 0.5) is 0 Å². The van der Waals surface area contributed by atoms with Gasteiger partial charge in [-0.25, -0.2) is 0 Å². The first-order valence-electron chi connectivity index (χ1n) is 7.91. The highest BCUT2D eigenvalue weighted by Gasteiger charge is 2.29. The number of nitrogens with one attached hydrogen (secondary N) is 1. The van der Waals surface area contributed by atoms with Gasteiger partial charge in [0.15, 0.2) is 0 Å². The Balaban J connectivity index is 2.03. The summed E-state index contributed by atoms with van der Waals surface area (Å²) in [5.74, 6) is 0. The van der Waals surface area contributed by atoms with Gasteiger partial charge >= 0.3 is 0 Å². The quantitative estimate of drug-likeness (QED) is 0.744. The highest BCUT2D eigenvalue weighted by molar-refractivity contribution is 5.42. The molecule has 0 spiro atoms. The van der Waals surface area contributed by atoms with E-state index in [0.717, 1.165) is 0 Å². The van der Waals surface area contributed by atoms with Crippen molar-refractivity contribution in [3.63, 3.8) is 0 Å². The minimum atomic E-state index is 0.452. The van der Waals surface area contributed by atoms with E-state index in [1.807, 2.05) is 0 Å². The van der Waals surface area contributed by atoms with Crippen LogP contribution in [0, 0.1) is 5.41 Å². The van der Waals surface area contributed by atoms with E-state index in [1.165, 1.54) is 44.9 Å². The van der Waals surface area contributed by atoms with E-state index in [-0.39, 0.29) is 0 Å². The number of hydrogen-bond acceptors (Lipinski definition) is 1. The van der Waals surface area contributed by atoms with Crippen LogP contribution in [-0.4, -0.2) is 7.05 Å². The van der Waals surface area contributed by atoms with Crippen molar-refractivity contribution >= 4 is 0 Å². The number of aryl methyl sites for hydroxylation is 3. The molecule has 104 valence electrons. The molecule has 0 aromatic heterocycles. The average Bonchev–Trinajstić information content (AvgIpc) is 2.53. The summed E-state index contributed by atoms with van der Waals surface area (Å²) >= 11 is 0. The van der Waals surface area contributed by atoms with E-state index in [2.05, 4.69) is 38.3 Å². The summed E-state index contributed by atoms with van der Waals surface area (Å²) < 4.78 is 0. The predicted molar refractivity (Wildman–Crippen MR) is 81.6 cm³/mol. The molecule has 1 aromatic rings. The van der Waals surface area contributed by atoms with Crippen molar-refractivity contribution in [2.45, 2.75) is 64.8 Å². The Morgan fingerprint density at radius 3 is 2.37 bits per heavy atom. The van der Waals surface area contributed by atoms with Gasteiger partial charge in [-0.15, -0.1) is 0 Å². The third-order valence-electron chi connectivity index (χ3n) is 5.16. The Morgan fingerprint density at radius 1 is 1.00 bits per heavy atom. The highest BCUT2D eigenvalue weighted by Crippen LogP contribution is 2.40. The minimum Gasteiger partial charge on any atom is -0.313 e. The Morgan fingerprint density at radius 2 is 1.68 bits per heavy atom. The molecule has 0 aliphatic heterocycles. The third-order valence-corrected chi connectivity index (χ3v) is 5.16. The molecular formula is C18H27N. The van der Waals surface area contributed by atoms with E-state index in [1.54, 1.807) is 22.3 Å². The second-order valence-corrected chi connectivity index (χ2v) is 7.24. The molecule has 3 rings (SSSR count). The van der Waals surface area contributed by atoms with E-state index < -0.39 is 0 Å². The second-order valence-electron chi connectivity index (χ2n) is 7.24. The second kappa shape index (κ2) is 4.94. The first kappa shape index (κ1) is 13.2. The van der Waals surface area contributed by atoms with Crippen LogP contribution in [0.3, 0.4) is 0 Å². The molecule has 0 bridgehead atoms. The molecule has 1 heteroatoms. The fourth-order valence-electron chi connectivity index (χ4n) is 3.89. The van der Waals surface area contributed by atoms with Crippen molar-refractivity contribution < 1.29 is 0 Å². The van der Waals surface area contributed by atoms with Gasteiger partial charge in [-0.05, 0) is 79.7 Å². The predicted octanol–water partition coefficient (Wildman–Crippen LogP) is 4.19. The van der Waals surface area contributed by atoms with E-state index in [4.69, 9.17) is 0 Å². The topological polar surface area (TPSA) is 12.0 Å². The van der Waals surface area contributed by atoms with Gasteiger partial charge in [0.25, 0.3) is 0 Å². The summed E-state index contributed by atoms with van der Waals surface area (Å²) in [4.78, 5) is 0. The number of hydrogen-bond donors (Lipinski definition) is 1. The highest BCUT2D eigenvalue weighted by atomic mass is 14.9. The number of benzene rings is 1. The van der Waals surface area contributed by atoms with E-state index in [9.17, 15) is 0 Å².